The van der Waals surface area contributed by atoms with Gasteiger partial charge in [-0.3, -0.25) is 0 Å². The summed E-state index contributed by atoms with van der Waals surface area (Å²) in [6, 6.07) is 8.48. The van der Waals surface area contributed by atoms with Gasteiger partial charge in [0.15, 0.2) is 0 Å². The molecule has 1 unspecified atom stereocenters. The number of aryl methyl sites for hydroxylation is 1. The number of hydrogen-bond acceptors (Lipinski definition) is 1. The van der Waals surface area contributed by atoms with Crippen molar-refractivity contribution >= 4 is 10.5 Å². The van der Waals surface area contributed by atoms with Crippen LogP contribution in [0.5, 0.6) is 0 Å². The van der Waals surface area contributed by atoms with Crippen LogP contribution in [-0.4, -0.2) is 10.5 Å². The highest BCUT2D eigenvalue weighted by atomic mass is 28.2. The van der Waals surface area contributed by atoms with Crippen LogP contribution in [0.25, 0.3) is 0 Å². The van der Waals surface area contributed by atoms with Crippen LogP contribution in [-0.2, 0) is 4.43 Å². The van der Waals surface area contributed by atoms with Gasteiger partial charge in [0.05, 0.1) is 6.10 Å². The fourth-order valence-electron chi connectivity index (χ4n) is 0.974. The third-order valence-electron chi connectivity index (χ3n) is 1.90. The minimum absolute atomic E-state index is 0.266. The van der Waals surface area contributed by atoms with E-state index in [1.165, 1.54) is 11.1 Å². The van der Waals surface area contributed by atoms with Crippen LogP contribution in [0, 0.1) is 6.92 Å². The second kappa shape index (κ2) is 3.69. The first-order chi connectivity index (χ1) is 5.24. The maximum atomic E-state index is 5.31. The van der Waals surface area contributed by atoms with E-state index in [9.17, 15) is 0 Å². The lowest BCUT2D eigenvalue weighted by Crippen LogP contribution is -1.95. The fraction of sp³-hybridized carbons (Fsp3) is 0.333. The van der Waals surface area contributed by atoms with E-state index in [-0.39, 0.29) is 6.10 Å². The van der Waals surface area contributed by atoms with Gasteiger partial charge in [-0.15, -0.1) is 0 Å². The van der Waals surface area contributed by atoms with Gasteiger partial charge in [-0.2, -0.15) is 0 Å². The largest absolute Gasteiger partial charge is 0.421 e. The Bertz CT molecular complexity index is 218. The molecule has 0 aliphatic carbocycles. The van der Waals surface area contributed by atoms with Crippen LogP contribution in [0.4, 0.5) is 0 Å². The molecule has 0 saturated heterocycles. The molecule has 0 N–H and O–H groups in total. The first-order valence-corrected chi connectivity index (χ1v) is 4.65. The molecule has 0 aromatic heterocycles. The molecule has 1 atom stereocenters. The van der Waals surface area contributed by atoms with E-state index >= 15 is 0 Å². The highest BCUT2D eigenvalue weighted by molar-refractivity contribution is 5.98. The van der Waals surface area contributed by atoms with Crippen molar-refractivity contribution in [1.29, 1.82) is 0 Å². The molecular weight excluding hydrogens is 152 g/mol. The molecule has 1 nitrogen and oxygen atoms in total. The van der Waals surface area contributed by atoms with Crippen LogP contribution < -0.4 is 0 Å². The van der Waals surface area contributed by atoms with Gasteiger partial charge in [-0.25, -0.2) is 0 Å². The number of hydrogen-bond donors (Lipinski definition) is 0. The summed E-state index contributed by atoms with van der Waals surface area (Å²) in [5.41, 5.74) is 2.57. The molecule has 0 fully saturated rings. The summed E-state index contributed by atoms with van der Waals surface area (Å²) in [4.78, 5) is 0. The smallest absolute Gasteiger partial charge is 0.146 e. The first-order valence-electron chi connectivity index (χ1n) is 3.83. The van der Waals surface area contributed by atoms with Crippen molar-refractivity contribution in [2.24, 2.45) is 0 Å². The molecule has 0 radical (unpaired) electrons. The van der Waals surface area contributed by atoms with Gasteiger partial charge < -0.3 is 4.43 Å². The van der Waals surface area contributed by atoms with Crippen molar-refractivity contribution in [3.8, 4) is 0 Å². The average molecular weight is 166 g/mol. The monoisotopic (exact) mass is 166 g/mol. The SMILES string of the molecule is Cc1ccc(C(C)O[SiH3])cc1. The molecule has 0 heterocycles. The molecule has 0 bridgehead atoms. The molecule has 2 heteroatoms. The van der Waals surface area contributed by atoms with Gasteiger partial charge in [-0.1, -0.05) is 29.8 Å². The minimum Gasteiger partial charge on any atom is -0.421 e. The van der Waals surface area contributed by atoms with Gasteiger partial charge in [-0.05, 0) is 19.4 Å². The van der Waals surface area contributed by atoms with Crippen molar-refractivity contribution in [2.75, 3.05) is 0 Å². The Morgan fingerprint density at radius 1 is 1.27 bits per heavy atom. The van der Waals surface area contributed by atoms with Crippen LogP contribution in [0.2, 0.25) is 0 Å². The Kier molecular flexibility index (Phi) is 2.85. The third-order valence-corrected chi connectivity index (χ3v) is 2.61. The van der Waals surface area contributed by atoms with E-state index in [1.807, 2.05) is 0 Å². The maximum Gasteiger partial charge on any atom is 0.146 e. The van der Waals surface area contributed by atoms with E-state index in [0.717, 1.165) is 10.5 Å². The zero-order valence-electron chi connectivity index (χ0n) is 7.29. The van der Waals surface area contributed by atoms with Gasteiger partial charge in [0.1, 0.15) is 10.5 Å². The summed E-state index contributed by atoms with van der Waals surface area (Å²) in [5, 5.41) is 0. The molecule has 0 amide bonds. The molecule has 11 heavy (non-hydrogen) atoms. The molecule has 1 aromatic carbocycles. The van der Waals surface area contributed by atoms with Crippen molar-refractivity contribution in [3.63, 3.8) is 0 Å². The zero-order chi connectivity index (χ0) is 8.27. The molecule has 0 aliphatic heterocycles. The zero-order valence-corrected chi connectivity index (χ0v) is 9.29. The van der Waals surface area contributed by atoms with E-state index in [1.54, 1.807) is 0 Å². The summed E-state index contributed by atoms with van der Waals surface area (Å²) < 4.78 is 5.31. The summed E-state index contributed by atoms with van der Waals surface area (Å²) in [7, 11) is 0.806. The Hall–Kier alpha value is -0.603. The lowest BCUT2D eigenvalue weighted by molar-refractivity contribution is 0.250. The summed E-state index contributed by atoms with van der Waals surface area (Å²) in [5.74, 6) is 0. The average Bonchev–Trinajstić information content (AvgIpc) is 2.05. The Labute approximate surface area is 70.9 Å². The predicted molar refractivity (Wildman–Crippen MR) is 50.6 cm³/mol. The Morgan fingerprint density at radius 2 is 1.82 bits per heavy atom. The molecule has 0 spiro atoms. The van der Waals surface area contributed by atoms with Gasteiger partial charge >= 0.3 is 0 Å². The van der Waals surface area contributed by atoms with Crippen LogP contribution in [0.3, 0.4) is 0 Å². The number of benzene rings is 1. The first kappa shape index (κ1) is 8.49. The summed E-state index contributed by atoms with van der Waals surface area (Å²) >= 11 is 0. The Morgan fingerprint density at radius 3 is 2.27 bits per heavy atom. The molecule has 60 valence electrons. The second-order valence-corrected chi connectivity index (χ2v) is 3.26. The van der Waals surface area contributed by atoms with E-state index in [2.05, 4.69) is 38.1 Å². The lowest BCUT2D eigenvalue weighted by atomic mass is 10.1. The fourth-order valence-corrected chi connectivity index (χ4v) is 1.25. The van der Waals surface area contributed by atoms with Crippen molar-refractivity contribution in [3.05, 3.63) is 35.4 Å². The van der Waals surface area contributed by atoms with Gasteiger partial charge in [0.25, 0.3) is 0 Å². The van der Waals surface area contributed by atoms with E-state index in [4.69, 9.17) is 4.43 Å². The molecule has 1 aromatic rings. The quantitative estimate of drug-likeness (QED) is 0.603. The van der Waals surface area contributed by atoms with Crippen LogP contribution in [0.15, 0.2) is 24.3 Å². The molecule has 1 rings (SSSR count). The Balaban J connectivity index is 2.81. The predicted octanol–water partition coefficient (Wildman–Crippen LogP) is 1.35. The molecular formula is C9H14OSi. The lowest BCUT2D eigenvalue weighted by Gasteiger charge is -2.09. The highest BCUT2D eigenvalue weighted by Gasteiger charge is 2.00. The highest BCUT2D eigenvalue weighted by Crippen LogP contribution is 2.15. The van der Waals surface area contributed by atoms with Crippen molar-refractivity contribution < 1.29 is 4.43 Å². The summed E-state index contributed by atoms with van der Waals surface area (Å²) in [6.45, 7) is 4.17. The summed E-state index contributed by atoms with van der Waals surface area (Å²) in [6.07, 6.45) is 0.266. The van der Waals surface area contributed by atoms with Crippen molar-refractivity contribution in [1.82, 2.24) is 0 Å². The van der Waals surface area contributed by atoms with Crippen LogP contribution >= 0.6 is 0 Å². The molecule has 0 saturated carbocycles. The van der Waals surface area contributed by atoms with E-state index < -0.39 is 0 Å². The van der Waals surface area contributed by atoms with Gasteiger partial charge in [0, 0.05) is 0 Å². The van der Waals surface area contributed by atoms with E-state index in [0.29, 0.717) is 0 Å². The minimum atomic E-state index is 0.266. The maximum absolute atomic E-state index is 5.31. The molecule has 0 aliphatic rings. The standard InChI is InChI=1S/C9H14OSi/c1-7-3-5-9(6-4-7)8(2)10-11/h3-6,8H,1-2,11H3. The topological polar surface area (TPSA) is 9.23 Å². The van der Waals surface area contributed by atoms with Crippen LogP contribution in [0.1, 0.15) is 24.2 Å². The third kappa shape index (κ3) is 2.17. The number of rotatable bonds is 2. The van der Waals surface area contributed by atoms with Gasteiger partial charge in [0.2, 0.25) is 0 Å². The normalized spacial score (nSPS) is 13.3. The van der Waals surface area contributed by atoms with Crippen molar-refractivity contribution in [2.45, 2.75) is 20.0 Å². The second-order valence-electron chi connectivity index (χ2n) is 2.79.